The van der Waals surface area contributed by atoms with Gasteiger partial charge in [-0.05, 0) is 37.8 Å². The number of hydrogen-bond donors (Lipinski definition) is 1. The fourth-order valence-corrected chi connectivity index (χ4v) is 2.95. The Morgan fingerprint density at radius 3 is 2.47 bits per heavy atom. The largest absolute Gasteiger partial charge is 0.492 e. The molecule has 1 aromatic carbocycles. The Balaban J connectivity index is 1.62. The van der Waals surface area contributed by atoms with Gasteiger partial charge >= 0.3 is 0 Å². The van der Waals surface area contributed by atoms with Crippen molar-refractivity contribution in [3.8, 4) is 5.75 Å². The summed E-state index contributed by atoms with van der Waals surface area (Å²) in [4.78, 5) is 0. The normalized spacial score (nSPS) is 18.8. The summed E-state index contributed by atoms with van der Waals surface area (Å²) in [6.45, 7) is 4.02. The maximum atomic E-state index is 5.71. The molecule has 0 bridgehead atoms. The molecule has 1 atom stereocenters. The smallest absolute Gasteiger partial charge is 0.119 e. The van der Waals surface area contributed by atoms with Crippen molar-refractivity contribution in [1.29, 1.82) is 0 Å². The van der Waals surface area contributed by atoms with Crippen LogP contribution >= 0.6 is 0 Å². The topological polar surface area (TPSA) is 21.3 Å². The van der Waals surface area contributed by atoms with E-state index >= 15 is 0 Å². The van der Waals surface area contributed by atoms with Crippen molar-refractivity contribution < 1.29 is 4.74 Å². The zero-order chi connectivity index (χ0) is 13.3. The predicted octanol–water partition coefficient (Wildman–Crippen LogP) is 4.01. The summed E-state index contributed by atoms with van der Waals surface area (Å²) >= 11 is 0. The summed E-state index contributed by atoms with van der Waals surface area (Å²) in [5.74, 6) is 1.82. The molecule has 0 saturated heterocycles. The molecule has 2 heteroatoms. The van der Waals surface area contributed by atoms with E-state index in [4.69, 9.17) is 4.74 Å². The molecule has 0 amide bonds. The van der Waals surface area contributed by atoms with Crippen molar-refractivity contribution in [1.82, 2.24) is 5.32 Å². The summed E-state index contributed by atoms with van der Waals surface area (Å²) in [7, 11) is 0. The van der Waals surface area contributed by atoms with Crippen LogP contribution in [0.25, 0.3) is 0 Å². The van der Waals surface area contributed by atoms with Gasteiger partial charge in [-0.3, -0.25) is 0 Å². The quantitative estimate of drug-likeness (QED) is 0.617. The van der Waals surface area contributed by atoms with Crippen molar-refractivity contribution in [3.63, 3.8) is 0 Å². The van der Waals surface area contributed by atoms with Crippen LogP contribution in [0.5, 0.6) is 5.75 Å². The first kappa shape index (κ1) is 14.4. The second-order valence-electron chi connectivity index (χ2n) is 5.66. The number of para-hydroxylation sites is 1. The third kappa shape index (κ3) is 5.23. The highest BCUT2D eigenvalue weighted by Crippen LogP contribution is 2.25. The van der Waals surface area contributed by atoms with Crippen LogP contribution in [-0.4, -0.2) is 19.2 Å². The minimum Gasteiger partial charge on any atom is -0.492 e. The molecule has 1 aliphatic carbocycles. The van der Waals surface area contributed by atoms with E-state index in [9.17, 15) is 0 Å². The monoisotopic (exact) mass is 261 g/mol. The van der Waals surface area contributed by atoms with Crippen LogP contribution < -0.4 is 10.1 Å². The molecule has 2 nitrogen and oxygen atoms in total. The van der Waals surface area contributed by atoms with E-state index in [-0.39, 0.29) is 0 Å². The molecular formula is C17H27NO. The van der Waals surface area contributed by atoms with Gasteiger partial charge in [-0.25, -0.2) is 0 Å². The Kier molecular flexibility index (Phi) is 6.22. The second kappa shape index (κ2) is 8.21. The van der Waals surface area contributed by atoms with E-state index in [1.54, 1.807) is 0 Å². The fraction of sp³-hybridized carbons (Fsp3) is 0.647. The molecule has 0 unspecified atom stereocenters. The average molecular weight is 261 g/mol. The highest BCUT2D eigenvalue weighted by molar-refractivity contribution is 5.20. The maximum absolute atomic E-state index is 5.71. The maximum Gasteiger partial charge on any atom is 0.119 e. The Morgan fingerprint density at radius 2 is 1.79 bits per heavy atom. The van der Waals surface area contributed by atoms with Gasteiger partial charge in [0, 0.05) is 12.6 Å². The van der Waals surface area contributed by atoms with Gasteiger partial charge in [0.05, 0.1) is 0 Å². The minimum atomic E-state index is 0.623. The van der Waals surface area contributed by atoms with Crippen molar-refractivity contribution >= 4 is 0 Å². The lowest BCUT2D eigenvalue weighted by Gasteiger charge is -2.23. The van der Waals surface area contributed by atoms with E-state index in [2.05, 4.69) is 12.2 Å². The summed E-state index contributed by atoms with van der Waals surface area (Å²) in [5, 5.41) is 3.63. The first-order valence-corrected chi connectivity index (χ1v) is 7.77. The molecule has 2 rings (SSSR count). The van der Waals surface area contributed by atoms with Gasteiger partial charge in [-0.15, -0.1) is 0 Å². The molecule has 0 spiro atoms. The van der Waals surface area contributed by atoms with Crippen molar-refractivity contribution in [3.05, 3.63) is 30.3 Å². The van der Waals surface area contributed by atoms with Gasteiger partial charge < -0.3 is 10.1 Å². The highest BCUT2D eigenvalue weighted by atomic mass is 16.5. The molecule has 0 aliphatic heterocycles. The van der Waals surface area contributed by atoms with Crippen LogP contribution in [0, 0.1) is 5.92 Å². The molecule has 0 aromatic heterocycles. The summed E-state index contributed by atoms with van der Waals surface area (Å²) in [6.07, 6.45) is 8.48. The van der Waals surface area contributed by atoms with Gasteiger partial charge in [0.15, 0.2) is 0 Å². The number of ether oxygens (including phenoxy) is 1. The molecule has 1 fully saturated rings. The first-order valence-electron chi connectivity index (χ1n) is 7.77. The summed E-state index contributed by atoms with van der Waals surface area (Å²) < 4.78 is 5.71. The number of rotatable bonds is 6. The Hall–Kier alpha value is -1.02. The lowest BCUT2D eigenvalue weighted by molar-refractivity contribution is 0.280. The minimum absolute atomic E-state index is 0.623. The molecule has 1 aliphatic rings. The Labute approximate surface area is 117 Å². The third-order valence-electron chi connectivity index (χ3n) is 4.19. The van der Waals surface area contributed by atoms with E-state index in [1.165, 1.54) is 38.5 Å². The van der Waals surface area contributed by atoms with Gasteiger partial charge in [0.25, 0.3) is 0 Å². The van der Waals surface area contributed by atoms with Gasteiger partial charge in [-0.1, -0.05) is 43.9 Å². The van der Waals surface area contributed by atoms with E-state index < -0.39 is 0 Å². The Bertz CT molecular complexity index is 330. The van der Waals surface area contributed by atoms with E-state index in [0.29, 0.717) is 6.04 Å². The lowest BCUT2D eigenvalue weighted by atomic mass is 9.93. The fourth-order valence-electron chi connectivity index (χ4n) is 2.95. The van der Waals surface area contributed by atoms with Gasteiger partial charge in [-0.2, -0.15) is 0 Å². The van der Waals surface area contributed by atoms with Crippen molar-refractivity contribution in [2.75, 3.05) is 13.2 Å². The molecule has 1 saturated carbocycles. The molecule has 106 valence electrons. The Morgan fingerprint density at radius 1 is 1.11 bits per heavy atom. The SMILES string of the molecule is C[C@@H](NCCOc1ccccc1)C1CCCCCC1. The molecule has 0 radical (unpaired) electrons. The molecule has 1 aromatic rings. The first-order chi connectivity index (χ1) is 9.36. The molecule has 0 heterocycles. The van der Waals surface area contributed by atoms with Crippen LogP contribution in [0.15, 0.2) is 30.3 Å². The van der Waals surface area contributed by atoms with Crippen molar-refractivity contribution in [2.24, 2.45) is 5.92 Å². The summed E-state index contributed by atoms with van der Waals surface area (Å²) in [5.41, 5.74) is 0. The van der Waals surface area contributed by atoms with Crippen LogP contribution in [-0.2, 0) is 0 Å². The molecular weight excluding hydrogens is 234 g/mol. The van der Waals surface area contributed by atoms with Crippen LogP contribution in [0.1, 0.15) is 45.4 Å². The number of benzene rings is 1. The van der Waals surface area contributed by atoms with E-state index in [0.717, 1.165) is 24.8 Å². The van der Waals surface area contributed by atoms with Crippen molar-refractivity contribution in [2.45, 2.75) is 51.5 Å². The number of hydrogen-bond acceptors (Lipinski definition) is 2. The number of nitrogens with one attached hydrogen (secondary N) is 1. The zero-order valence-corrected chi connectivity index (χ0v) is 12.1. The van der Waals surface area contributed by atoms with E-state index in [1.807, 2.05) is 30.3 Å². The predicted molar refractivity (Wildman–Crippen MR) is 80.6 cm³/mol. The van der Waals surface area contributed by atoms with Gasteiger partial charge in [0.1, 0.15) is 12.4 Å². The molecule has 1 N–H and O–H groups in total. The second-order valence-corrected chi connectivity index (χ2v) is 5.66. The lowest BCUT2D eigenvalue weighted by Crippen LogP contribution is -2.36. The summed E-state index contributed by atoms with van der Waals surface area (Å²) in [6, 6.07) is 10.7. The highest BCUT2D eigenvalue weighted by Gasteiger charge is 2.18. The standard InChI is InChI=1S/C17H27NO/c1-15(16-9-5-2-3-6-10-16)18-13-14-19-17-11-7-4-8-12-17/h4,7-8,11-12,15-16,18H,2-3,5-6,9-10,13-14H2,1H3/t15-/m1/s1. The van der Waals surface area contributed by atoms with Crippen LogP contribution in [0.3, 0.4) is 0 Å². The molecule has 19 heavy (non-hydrogen) atoms. The van der Waals surface area contributed by atoms with Gasteiger partial charge in [0.2, 0.25) is 0 Å². The third-order valence-corrected chi connectivity index (χ3v) is 4.19. The van der Waals surface area contributed by atoms with Crippen LogP contribution in [0.2, 0.25) is 0 Å². The zero-order valence-electron chi connectivity index (χ0n) is 12.1. The average Bonchev–Trinajstić information content (AvgIpc) is 2.73. The van der Waals surface area contributed by atoms with Crippen LogP contribution in [0.4, 0.5) is 0 Å².